The summed E-state index contributed by atoms with van der Waals surface area (Å²) in [5, 5.41) is 14.4. The van der Waals surface area contributed by atoms with Gasteiger partial charge < -0.3 is 10.3 Å². The molecule has 0 aliphatic heterocycles. The Morgan fingerprint density at radius 2 is 1.97 bits per heavy atom. The van der Waals surface area contributed by atoms with Crippen LogP contribution in [-0.4, -0.2) is 24.9 Å². The van der Waals surface area contributed by atoms with E-state index in [9.17, 15) is 5.26 Å². The largest absolute Gasteiger partial charge is 0.364 e. The number of fused-ring (bicyclic) bond motifs is 2. The minimum Gasteiger partial charge on any atom is -0.364 e. The van der Waals surface area contributed by atoms with E-state index in [0.29, 0.717) is 39.8 Å². The third-order valence-corrected chi connectivity index (χ3v) is 5.15. The Kier molecular flexibility index (Phi) is 4.46. The summed E-state index contributed by atoms with van der Waals surface area (Å²) in [5.41, 5.74) is 4.94. The first-order valence-corrected chi connectivity index (χ1v) is 9.58. The lowest BCUT2D eigenvalue weighted by Crippen LogP contribution is -2.06. The molecule has 7 nitrogen and oxygen atoms in total. The highest BCUT2D eigenvalue weighted by atomic mass is 35.5. The third-order valence-electron chi connectivity index (χ3n) is 4.85. The lowest BCUT2D eigenvalue weighted by molar-refractivity contribution is 1.09. The van der Waals surface area contributed by atoms with Crippen molar-refractivity contribution < 1.29 is 0 Å². The quantitative estimate of drug-likeness (QED) is 0.444. The maximum absolute atomic E-state index is 9.59. The number of nitriles is 1. The first-order chi connectivity index (χ1) is 14.7. The summed E-state index contributed by atoms with van der Waals surface area (Å²) < 4.78 is 0. The molecule has 0 fully saturated rings. The fourth-order valence-corrected chi connectivity index (χ4v) is 3.66. The fraction of sp³-hybridized carbons (Fsp3) is 0.0455. The topological polar surface area (TPSA) is 103 Å². The molecule has 30 heavy (non-hydrogen) atoms. The second kappa shape index (κ2) is 7.43. The maximum atomic E-state index is 9.59. The number of anilines is 1. The van der Waals surface area contributed by atoms with Crippen LogP contribution in [0.15, 0.2) is 61.2 Å². The lowest BCUT2D eigenvalue weighted by Gasteiger charge is -2.14. The molecule has 0 bridgehead atoms. The smallest absolute Gasteiger partial charge is 0.182 e. The molecule has 3 heterocycles. The van der Waals surface area contributed by atoms with Crippen LogP contribution in [-0.2, 0) is 6.54 Å². The SMILES string of the molecule is N#Cc1ccccc1-c1nc2c(Cl)cccc2cc1CNc1ncnc2nc[nH]c12. The number of nitrogens with one attached hydrogen (secondary N) is 2. The van der Waals surface area contributed by atoms with Gasteiger partial charge in [-0.1, -0.05) is 41.9 Å². The van der Waals surface area contributed by atoms with Crippen molar-refractivity contribution in [2.75, 3.05) is 5.32 Å². The van der Waals surface area contributed by atoms with E-state index >= 15 is 0 Å². The number of pyridine rings is 1. The Labute approximate surface area is 176 Å². The van der Waals surface area contributed by atoms with Gasteiger partial charge in [-0.3, -0.25) is 0 Å². The fourth-order valence-electron chi connectivity index (χ4n) is 3.44. The molecule has 5 aromatic rings. The van der Waals surface area contributed by atoms with Crippen LogP contribution < -0.4 is 5.32 Å². The number of halogens is 1. The molecule has 0 unspecified atom stereocenters. The third kappa shape index (κ3) is 3.09. The van der Waals surface area contributed by atoms with Crippen LogP contribution in [0.4, 0.5) is 5.82 Å². The number of H-pyrrole nitrogens is 1. The Morgan fingerprint density at radius 1 is 1.07 bits per heavy atom. The predicted octanol–water partition coefficient (Wildman–Crippen LogP) is 4.71. The van der Waals surface area contributed by atoms with Crippen molar-refractivity contribution in [3.63, 3.8) is 0 Å². The molecule has 8 heteroatoms. The number of rotatable bonds is 4. The van der Waals surface area contributed by atoms with E-state index < -0.39 is 0 Å². The highest BCUT2D eigenvalue weighted by molar-refractivity contribution is 6.35. The molecule has 0 saturated carbocycles. The number of aromatic amines is 1. The van der Waals surface area contributed by atoms with Crippen molar-refractivity contribution in [2.45, 2.75) is 6.54 Å². The summed E-state index contributed by atoms with van der Waals surface area (Å²) in [6.45, 7) is 0.440. The van der Waals surface area contributed by atoms with Crippen molar-refractivity contribution in [2.24, 2.45) is 0 Å². The van der Waals surface area contributed by atoms with Crippen LogP contribution in [0.25, 0.3) is 33.3 Å². The summed E-state index contributed by atoms with van der Waals surface area (Å²) in [5.74, 6) is 0.642. The molecule has 0 radical (unpaired) electrons. The van der Waals surface area contributed by atoms with Crippen LogP contribution in [0.3, 0.4) is 0 Å². The average Bonchev–Trinajstić information content (AvgIpc) is 3.27. The van der Waals surface area contributed by atoms with Crippen LogP contribution in [0, 0.1) is 11.3 Å². The van der Waals surface area contributed by atoms with Gasteiger partial charge in [-0.25, -0.2) is 19.9 Å². The second-order valence-corrected chi connectivity index (χ2v) is 7.05. The molecular formula is C22H14ClN7. The molecule has 144 valence electrons. The first kappa shape index (κ1) is 18.0. The van der Waals surface area contributed by atoms with Crippen LogP contribution in [0.1, 0.15) is 11.1 Å². The molecule has 5 rings (SSSR count). The average molecular weight is 412 g/mol. The number of hydrogen-bond acceptors (Lipinski definition) is 6. The van der Waals surface area contributed by atoms with Crippen molar-refractivity contribution in [3.05, 3.63) is 77.3 Å². The van der Waals surface area contributed by atoms with Gasteiger partial charge in [0.1, 0.15) is 11.8 Å². The Morgan fingerprint density at radius 3 is 2.87 bits per heavy atom. The van der Waals surface area contributed by atoms with Gasteiger partial charge in [-0.2, -0.15) is 5.26 Å². The highest BCUT2D eigenvalue weighted by Gasteiger charge is 2.15. The molecule has 2 N–H and O–H groups in total. The zero-order chi connectivity index (χ0) is 20.5. The van der Waals surface area contributed by atoms with Crippen molar-refractivity contribution in [1.82, 2.24) is 24.9 Å². The van der Waals surface area contributed by atoms with E-state index in [2.05, 4.69) is 31.3 Å². The second-order valence-electron chi connectivity index (χ2n) is 6.64. The van der Waals surface area contributed by atoms with E-state index in [4.69, 9.17) is 16.6 Å². The molecule has 0 aliphatic rings. The van der Waals surface area contributed by atoms with E-state index in [1.807, 2.05) is 42.5 Å². The van der Waals surface area contributed by atoms with Gasteiger partial charge in [0, 0.05) is 17.5 Å². The lowest BCUT2D eigenvalue weighted by atomic mass is 9.99. The normalized spacial score (nSPS) is 10.9. The molecule has 0 aliphatic carbocycles. The van der Waals surface area contributed by atoms with Crippen molar-refractivity contribution in [1.29, 1.82) is 5.26 Å². The Bertz CT molecular complexity index is 1430. The number of hydrogen-bond donors (Lipinski definition) is 2. The minimum absolute atomic E-state index is 0.440. The van der Waals surface area contributed by atoms with Crippen LogP contribution in [0.2, 0.25) is 5.02 Å². The standard InChI is InChI=1S/C22H14ClN7/c23-17-7-3-5-13-8-15(10-25-21-20-22(27-11-26-20)29-12-28-21)18(30-19(13)17)16-6-2-1-4-14(16)9-24/h1-8,11-12H,10H2,(H2,25,26,27,28,29). The Balaban J connectivity index is 1.64. The summed E-state index contributed by atoms with van der Waals surface area (Å²) in [4.78, 5) is 20.5. The zero-order valence-corrected chi connectivity index (χ0v) is 16.4. The van der Waals surface area contributed by atoms with Gasteiger partial charge in [-0.05, 0) is 23.8 Å². The zero-order valence-electron chi connectivity index (χ0n) is 15.6. The Hall–Kier alpha value is -4.02. The number of imidazole rings is 1. The van der Waals surface area contributed by atoms with Crippen LogP contribution >= 0.6 is 11.6 Å². The van der Waals surface area contributed by atoms with E-state index in [0.717, 1.165) is 22.0 Å². The molecule has 0 spiro atoms. The summed E-state index contributed by atoms with van der Waals surface area (Å²) in [6.07, 6.45) is 3.05. The van der Waals surface area contributed by atoms with E-state index in [1.54, 1.807) is 12.4 Å². The molecule has 3 aromatic heterocycles. The first-order valence-electron chi connectivity index (χ1n) is 9.20. The number of nitrogens with zero attached hydrogens (tertiary/aromatic N) is 5. The highest BCUT2D eigenvalue weighted by Crippen LogP contribution is 2.31. The molecule has 0 saturated heterocycles. The van der Waals surface area contributed by atoms with Crippen LogP contribution in [0.5, 0.6) is 0 Å². The number of benzene rings is 2. The van der Waals surface area contributed by atoms with Gasteiger partial charge in [0.25, 0.3) is 0 Å². The summed E-state index contributed by atoms with van der Waals surface area (Å²) in [7, 11) is 0. The van der Waals surface area contributed by atoms with Gasteiger partial charge >= 0.3 is 0 Å². The predicted molar refractivity (Wildman–Crippen MR) is 116 cm³/mol. The van der Waals surface area contributed by atoms with E-state index in [-0.39, 0.29) is 0 Å². The molecule has 0 atom stereocenters. The van der Waals surface area contributed by atoms with E-state index in [1.165, 1.54) is 6.33 Å². The van der Waals surface area contributed by atoms with Gasteiger partial charge in [0.15, 0.2) is 11.5 Å². The monoisotopic (exact) mass is 411 g/mol. The number of para-hydroxylation sites is 1. The summed E-state index contributed by atoms with van der Waals surface area (Å²) in [6, 6.07) is 17.4. The molecule has 2 aromatic carbocycles. The number of aromatic nitrogens is 5. The minimum atomic E-state index is 0.440. The molecule has 0 amide bonds. The van der Waals surface area contributed by atoms with Gasteiger partial charge in [0.05, 0.1) is 34.2 Å². The molecular weight excluding hydrogens is 398 g/mol. The van der Waals surface area contributed by atoms with Crippen molar-refractivity contribution in [3.8, 4) is 17.3 Å². The van der Waals surface area contributed by atoms with Crippen molar-refractivity contribution >= 4 is 39.5 Å². The maximum Gasteiger partial charge on any atom is 0.182 e. The van der Waals surface area contributed by atoms with Gasteiger partial charge in [0.2, 0.25) is 0 Å². The van der Waals surface area contributed by atoms with Gasteiger partial charge in [-0.15, -0.1) is 0 Å². The summed E-state index contributed by atoms with van der Waals surface area (Å²) >= 11 is 6.40.